The minimum absolute atomic E-state index is 0.342. The van der Waals surface area contributed by atoms with Gasteiger partial charge in [0.25, 0.3) is 0 Å². The van der Waals surface area contributed by atoms with E-state index >= 15 is 0 Å². The quantitative estimate of drug-likeness (QED) is 0.626. The van der Waals surface area contributed by atoms with Gasteiger partial charge in [0.05, 0.1) is 17.7 Å². The Balaban J connectivity index is 3.16. The molecule has 0 aliphatic heterocycles. The van der Waals surface area contributed by atoms with Crippen LogP contribution in [0.1, 0.15) is 33.1 Å². The van der Waals surface area contributed by atoms with Gasteiger partial charge in [-0.25, -0.2) is 0 Å². The highest BCUT2D eigenvalue weighted by atomic mass is 32.1. The average Bonchev–Trinajstić information content (AvgIpc) is 1.87. The second-order valence-corrected chi connectivity index (χ2v) is 3.21. The monoisotopic (exact) mass is 175 g/mol. The first-order valence-electron chi connectivity index (χ1n) is 4.06. The second-order valence-electron chi connectivity index (χ2n) is 2.69. The van der Waals surface area contributed by atoms with Crippen LogP contribution in [0.5, 0.6) is 0 Å². The fourth-order valence-corrected chi connectivity index (χ4v) is 0.934. The summed E-state index contributed by atoms with van der Waals surface area (Å²) in [5, 5.41) is 0. The van der Waals surface area contributed by atoms with Gasteiger partial charge in [-0.2, -0.15) is 0 Å². The van der Waals surface area contributed by atoms with Crippen molar-refractivity contribution in [1.29, 1.82) is 0 Å². The number of thiocarbonyl (C=S) groups is 1. The molecular formula is C8H17NOS. The number of rotatable bonds is 6. The highest BCUT2D eigenvalue weighted by Crippen LogP contribution is 2.00. The van der Waals surface area contributed by atoms with Crippen LogP contribution in [0.25, 0.3) is 0 Å². The first kappa shape index (κ1) is 10.8. The van der Waals surface area contributed by atoms with Crippen molar-refractivity contribution < 1.29 is 4.74 Å². The predicted molar refractivity (Wildman–Crippen MR) is 51.7 cm³/mol. The second kappa shape index (κ2) is 6.55. The van der Waals surface area contributed by atoms with Crippen molar-refractivity contribution in [3.8, 4) is 0 Å². The molecule has 0 aromatic rings. The van der Waals surface area contributed by atoms with E-state index < -0.39 is 0 Å². The van der Waals surface area contributed by atoms with E-state index in [1.165, 1.54) is 0 Å². The maximum atomic E-state index is 5.43. The largest absolute Gasteiger partial charge is 0.393 e. The maximum Gasteiger partial charge on any atom is 0.0750 e. The Morgan fingerprint density at radius 1 is 1.64 bits per heavy atom. The Labute approximate surface area is 74.1 Å². The first-order chi connectivity index (χ1) is 5.16. The van der Waals surface area contributed by atoms with E-state index in [0.717, 1.165) is 12.8 Å². The summed E-state index contributed by atoms with van der Waals surface area (Å²) in [5.74, 6) is 0. The van der Waals surface area contributed by atoms with Crippen LogP contribution in [0.15, 0.2) is 0 Å². The lowest BCUT2D eigenvalue weighted by molar-refractivity contribution is 0.0651. The summed E-state index contributed by atoms with van der Waals surface area (Å²) in [6.07, 6.45) is 3.31. The molecule has 0 fully saturated rings. The van der Waals surface area contributed by atoms with Crippen molar-refractivity contribution in [1.82, 2.24) is 0 Å². The molecule has 2 N–H and O–H groups in total. The molecule has 66 valence electrons. The van der Waals surface area contributed by atoms with Crippen molar-refractivity contribution in [2.45, 2.75) is 39.2 Å². The smallest absolute Gasteiger partial charge is 0.0750 e. The topological polar surface area (TPSA) is 35.2 Å². The van der Waals surface area contributed by atoms with Gasteiger partial charge in [-0.3, -0.25) is 0 Å². The summed E-state index contributed by atoms with van der Waals surface area (Å²) in [6, 6.07) is 0. The van der Waals surface area contributed by atoms with Gasteiger partial charge >= 0.3 is 0 Å². The molecule has 2 nitrogen and oxygen atoms in total. The standard InChI is InChI=1S/C8H17NOS/c1-3-4-7(2)10-6-5-8(9)11/h7H,3-6H2,1-2H3,(H2,9,11). The molecule has 11 heavy (non-hydrogen) atoms. The fraction of sp³-hybridized carbons (Fsp3) is 0.875. The zero-order valence-electron chi connectivity index (χ0n) is 7.30. The third kappa shape index (κ3) is 7.75. The van der Waals surface area contributed by atoms with Gasteiger partial charge < -0.3 is 10.5 Å². The van der Waals surface area contributed by atoms with Crippen LogP contribution in [-0.2, 0) is 4.74 Å². The molecular weight excluding hydrogens is 158 g/mol. The van der Waals surface area contributed by atoms with E-state index in [1.54, 1.807) is 0 Å². The first-order valence-corrected chi connectivity index (χ1v) is 4.47. The molecule has 0 spiro atoms. The van der Waals surface area contributed by atoms with E-state index in [9.17, 15) is 0 Å². The van der Waals surface area contributed by atoms with Gasteiger partial charge in [-0.05, 0) is 13.3 Å². The highest BCUT2D eigenvalue weighted by Gasteiger charge is 1.99. The lowest BCUT2D eigenvalue weighted by Crippen LogP contribution is -2.15. The van der Waals surface area contributed by atoms with Gasteiger partial charge in [-0.1, -0.05) is 25.6 Å². The van der Waals surface area contributed by atoms with Crippen LogP contribution in [-0.4, -0.2) is 17.7 Å². The summed E-state index contributed by atoms with van der Waals surface area (Å²) in [4.78, 5) is 0.536. The summed E-state index contributed by atoms with van der Waals surface area (Å²) in [5.41, 5.74) is 5.30. The molecule has 0 radical (unpaired) electrons. The molecule has 1 atom stereocenters. The van der Waals surface area contributed by atoms with Gasteiger partial charge in [0, 0.05) is 6.42 Å². The van der Waals surface area contributed by atoms with Gasteiger partial charge in [-0.15, -0.1) is 0 Å². The van der Waals surface area contributed by atoms with Crippen LogP contribution in [0.3, 0.4) is 0 Å². The van der Waals surface area contributed by atoms with Crippen molar-refractivity contribution in [3.63, 3.8) is 0 Å². The summed E-state index contributed by atoms with van der Waals surface area (Å²) < 4.78 is 5.43. The Morgan fingerprint density at radius 3 is 2.73 bits per heavy atom. The van der Waals surface area contributed by atoms with E-state index in [-0.39, 0.29) is 0 Å². The molecule has 0 bridgehead atoms. The summed E-state index contributed by atoms with van der Waals surface area (Å²) in [7, 11) is 0. The molecule has 0 aromatic carbocycles. The zero-order chi connectivity index (χ0) is 8.69. The summed E-state index contributed by atoms with van der Waals surface area (Å²) >= 11 is 4.71. The third-order valence-corrected chi connectivity index (χ3v) is 1.65. The Morgan fingerprint density at radius 2 is 2.27 bits per heavy atom. The van der Waals surface area contributed by atoms with Gasteiger partial charge in [0.1, 0.15) is 0 Å². The van der Waals surface area contributed by atoms with Crippen LogP contribution in [0.2, 0.25) is 0 Å². The zero-order valence-corrected chi connectivity index (χ0v) is 8.12. The molecule has 0 rings (SSSR count). The molecule has 0 aromatic heterocycles. The molecule has 0 amide bonds. The molecule has 0 saturated heterocycles. The Kier molecular flexibility index (Phi) is 6.46. The maximum absolute atomic E-state index is 5.43. The lowest BCUT2D eigenvalue weighted by Gasteiger charge is -2.10. The molecule has 0 aliphatic rings. The van der Waals surface area contributed by atoms with Gasteiger partial charge in [0.15, 0.2) is 0 Å². The van der Waals surface area contributed by atoms with E-state index in [4.69, 9.17) is 22.7 Å². The highest BCUT2D eigenvalue weighted by molar-refractivity contribution is 7.80. The number of nitrogens with two attached hydrogens (primary N) is 1. The van der Waals surface area contributed by atoms with Crippen molar-refractivity contribution in [3.05, 3.63) is 0 Å². The normalized spacial score (nSPS) is 12.9. The number of ether oxygens (including phenoxy) is 1. The Bertz CT molecular complexity index is 117. The van der Waals surface area contributed by atoms with Gasteiger partial charge in [0.2, 0.25) is 0 Å². The van der Waals surface area contributed by atoms with E-state index in [0.29, 0.717) is 24.1 Å². The molecule has 0 aliphatic carbocycles. The summed E-state index contributed by atoms with van der Waals surface area (Å²) in [6.45, 7) is 4.88. The van der Waals surface area contributed by atoms with Crippen molar-refractivity contribution in [2.75, 3.05) is 6.61 Å². The minimum atomic E-state index is 0.342. The van der Waals surface area contributed by atoms with Crippen molar-refractivity contribution >= 4 is 17.2 Å². The predicted octanol–water partition coefficient (Wildman–Crippen LogP) is 1.87. The number of hydrogen-bond acceptors (Lipinski definition) is 2. The van der Waals surface area contributed by atoms with Crippen LogP contribution >= 0.6 is 12.2 Å². The fourth-order valence-electron chi connectivity index (χ4n) is 0.851. The molecule has 0 saturated carbocycles. The molecule has 1 unspecified atom stereocenters. The third-order valence-electron chi connectivity index (χ3n) is 1.45. The molecule has 0 heterocycles. The van der Waals surface area contributed by atoms with E-state index in [2.05, 4.69) is 13.8 Å². The average molecular weight is 175 g/mol. The van der Waals surface area contributed by atoms with Crippen molar-refractivity contribution in [2.24, 2.45) is 5.73 Å². The number of hydrogen-bond donors (Lipinski definition) is 1. The SMILES string of the molecule is CCCC(C)OCCC(N)=S. The lowest BCUT2D eigenvalue weighted by atomic mass is 10.2. The van der Waals surface area contributed by atoms with E-state index in [1.807, 2.05) is 0 Å². The minimum Gasteiger partial charge on any atom is -0.393 e. The van der Waals surface area contributed by atoms with Crippen LogP contribution < -0.4 is 5.73 Å². The Hall–Kier alpha value is -0.150. The van der Waals surface area contributed by atoms with Crippen LogP contribution in [0.4, 0.5) is 0 Å². The van der Waals surface area contributed by atoms with Crippen LogP contribution in [0, 0.1) is 0 Å². The molecule has 3 heteroatoms.